The van der Waals surface area contributed by atoms with E-state index in [0.717, 1.165) is 19.6 Å². The molecule has 1 amide bonds. The molecule has 0 atom stereocenters. The summed E-state index contributed by atoms with van der Waals surface area (Å²) >= 11 is 0. The molecule has 0 bridgehead atoms. The molecule has 5 nitrogen and oxygen atoms in total. The molecule has 0 radical (unpaired) electrons. The quantitative estimate of drug-likeness (QED) is 0.570. The molecule has 0 aliphatic heterocycles. The topological polar surface area (TPSA) is 67.6 Å². The van der Waals surface area contributed by atoms with Crippen LogP contribution in [0.5, 0.6) is 0 Å². The molecule has 0 unspecified atom stereocenters. The molecule has 0 aliphatic carbocycles. The fourth-order valence-corrected chi connectivity index (χ4v) is 1.25. The van der Waals surface area contributed by atoms with E-state index >= 15 is 0 Å². The van der Waals surface area contributed by atoms with Gasteiger partial charge in [-0.1, -0.05) is 13.8 Å². The van der Waals surface area contributed by atoms with Crippen molar-refractivity contribution in [1.82, 2.24) is 10.2 Å². The van der Waals surface area contributed by atoms with Crippen LogP contribution in [0.15, 0.2) is 0 Å². The number of carbonyl (C=O) groups is 1. The van der Waals surface area contributed by atoms with Gasteiger partial charge in [0.1, 0.15) is 0 Å². The number of methoxy groups -OCH3 is 1. The lowest BCUT2D eigenvalue weighted by Gasteiger charge is -2.20. The number of nitrogens with one attached hydrogen (secondary N) is 1. The second-order valence-electron chi connectivity index (χ2n) is 4.26. The van der Waals surface area contributed by atoms with Gasteiger partial charge >= 0.3 is 0 Å². The lowest BCUT2D eigenvalue weighted by Crippen LogP contribution is -2.41. The minimum atomic E-state index is 0.0539. The Hall–Kier alpha value is -0.650. The highest BCUT2D eigenvalue weighted by atomic mass is 16.5. The number of ether oxygens (including phenoxy) is 1. The maximum Gasteiger partial charge on any atom is 0.234 e. The van der Waals surface area contributed by atoms with Gasteiger partial charge in [0.25, 0.3) is 0 Å². The third-order valence-electron chi connectivity index (χ3n) is 2.13. The normalized spacial score (nSPS) is 11.1. The summed E-state index contributed by atoms with van der Waals surface area (Å²) in [5.41, 5.74) is 5.48. The molecule has 0 aromatic carbocycles. The Morgan fingerprint density at radius 2 is 2.12 bits per heavy atom. The summed E-state index contributed by atoms with van der Waals surface area (Å²) in [6.07, 6.45) is 0. The molecule has 0 aromatic heterocycles. The van der Waals surface area contributed by atoms with E-state index in [1.807, 2.05) is 4.90 Å². The van der Waals surface area contributed by atoms with Crippen molar-refractivity contribution in [1.29, 1.82) is 0 Å². The molecule has 0 saturated heterocycles. The fourth-order valence-electron chi connectivity index (χ4n) is 1.25. The number of amides is 1. The van der Waals surface area contributed by atoms with Crippen molar-refractivity contribution < 1.29 is 9.53 Å². The molecular formula is C11H25N3O2. The lowest BCUT2D eigenvalue weighted by molar-refractivity contribution is -0.122. The van der Waals surface area contributed by atoms with Gasteiger partial charge in [0.05, 0.1) is 13.2 Å². The Labute approximate surface area is 98.3 Å². The van der Waals surface area contributed by atoms with E-state index in [0.29, 0.717) is 25.6 Å². The Morgan fingerprint density at radius 3 is 2.62 bits per heavy atom. The van der Waals surface area contributed by atoms with Gasteiger partial charge < -0.3 is 15.8 Å². The predicted octanol–water partition coefficient (Wildman–Crippen LogP) is -0.334. The van der Waals surface area contributed by atoms with Gasteiger partial charge in [-0.05, 0) is 5.92 Å². The minimum absolute atomic E-state index is 0.0539. The van der Waals surface area contributed by atoms with Crippen LogP contribution in [0, 0.1) is 5.92 Å². The van der Waals surface area contributed by atoms with Crippen LogP contribution in [-0.2, 0) is 9.53 Å². The lowest BCUT2D eigenvalue weighted by atomic mass is 10.2. The summed E-state index contributed by atoms with van der Waals surface area (Å²) in [6.45, 7) is 7.90. The smallest absolute Gasteiger partial charge is 0.234 e. The molecule has 16 heavy (non-hydrogen) atoms. The van der Waals surface area contributed by atoms with E-state index in [2.05, 4.69) is 19.2 Å². The Balaban J connectivity index is 3.82. The van der Waals surface area contributed by atoms with Gasteiger partial charge in [-0.2, -0.15) is 0 Å². The average Bonchev–Trinajstić information content (AvgIpc) is 2.23. The van der Waals surface area contributed by atoms with Gasteiger partial charge in [0.2, 0.25) is 5.91 Å². The zero-order valence-electron chi connectivity index (χ0n) is 10.7. The van der Waals surface area contributed by atoms with Crippen molar-refractivity contribution in [2.24, 2.45) is 11.7 Å². The summed E-state index contributed by atoms with van der Waals surface area (Å²) < 4.78 is 4.98. The van der Waals surface area contributed by atoms with Crippen LogP contribution in [0.1, 0.15) is 13.8 Å². The van der Waals surface area contributed by atoms with Crippen molar-refractivity contribution in [3.63, 3.8) is 0 Å². The van der Waals surface area contributed by atoms with E-state index in [4.69, 9.17) is 10.5 Å². The summed E-state index contributed by atoms with van der Waals surface area (Å²) in [5.74, 6) is 0.532. The van der Waals surface area contributed by atoms with Crippen LogP contribution < -0.4 is 11.1 Å². The Morgan fingerprint density at radius 1 is 1.44 bits per heavy atom. The minimum Gasteiger partial charge on any atom is -0.383 e. The number of hydrogen-bond acceptors (Lipinski definition) is 4. The van der Waals surface area contributed by atoms with Crippen molar-refractivity contribution in [3.8, 4) is 0 Å². The van der Waals surface area contributed by atoms with E-state index in [9.17, 15) is 4.79 Å². The number of nitrogens with zero attached hydrogens (tertiary/aromatic N) is 1. The first-order valence-corrected chi connectivity index (χ1v) is 5.78. The van der Waals surface area contributed by atoms with Gasteiger partial charge in [-0.15, -0.1) is 0 Å². The number of carbonyl (C=O) groups excluding carboxylic acids is 1. The Bertz CT molecular complexity index is 186. The van der Waals surface area contributed by atoms with E-state index in [-0.39, 0.29) is 5.91 Å². The van der Waals surface area contributed by atoms with E-state index in [1.54, 1.807) is 7.11 Å². The summed E-state index contributed by atoms with van der Waals surface area (Å²) in [5, 5.41) is 2.89. The maximum absolute atomic E-state index is 11.6. The maximum atomic E-state index is 11.6. The SMILES string of the molecule is COCCN(CCN)CC(=O)NCC(C)C. The predicted molar refractivity (Wildman–Crippen MR) is 65.2 cm³/mol. The molecule has 0 aliphatic rings. The molecular weight excluding hydrogens is 206 g/mol. The first-order valence-electron chi connectivity index (χ1n) is 5.78. The van der Waals surface area contributed by atoms with Gasteiger partial charge in [0.15, 0.2) is 0 Å². The van der Waals surface area contributed by atoms with Gasteiger partial charge in [0, 0.05) is 33.3 Å². The molecule has 96 valence electrons. The average molecular weight is 231 g/mol. The fraction of sp³-hybridized carbons (Fsp3) is 0.909. The van der Waals surface area contributed by atoms with Crippen LogP contribution in [0.4, 0.5) is 0 Å². The molecule has 0 spiro atoms. The molecule has 5 heteroatoms. The van der Waals surface area contributed by atoms with Crippen LogP contribution >= 0.6 is 0 Å². The molecule has 0 aromatic rings. The summed E-state index contributed by atoms with van der Waals surface area (Å²) in [7, 11) is 1.65. The molecule has 0 rings (SSSR count). The van der Waals surface area contributed by atoms with Crippen LogP contribution in [0.3, 0.4) is 0 Å². The van der Waals surface area contributed by atoms with Crippen LogP contribution in [-0.4, -0.2) is 57.2 Å². The second-order valence-corrected chi connectivity index (χ2v) is 4.26. The molecule has 0 heterocycles. The Kier molecular flexibility index (Phi) is 9.18. The van der Waals surface area contributed by atoms with Crippen molar-refractivity contribution in [2.45, 2.75) is 13.8 Å². The number of hydrogen-bond donors (Lipinski definition) is 2. The summed E-state index contributed by atoms with van der Waals surface area (Å²) in [6, 6.07) is 0. The zero-order chi connectivity index (χ0) is 12.4. The first-order chi connectivity index (χ1) is 7.60. The first kappa shape index (κ1) is 15.3. The highest BCUT2D eigenvalue weighted by molar-refractivity contribution is 5.77. The zero-order valence-corrected chi connectivity index (χ0v) is 10.7. The van der Waals surface area contributed by atoms with Crippen LogP contribution in [0.25, 0.3) is 0 Å². The summed E-state index contributed by atoms with van der Waals surface area (Å²) in [4.78, 5) is 13.6. The standard InChI is InChI=1S/C11H25N3O2/c1-10(2)8-13-11(15)9-14(5-4-12)6-7-16-3/h10H,4-9,12H2,1-3H3,(H,13,15). The van der Waals surface area contributed by atoms with E-state index < -0.39 is 0 Å². The third-order valence-corrected chi connectivity index (χ3v) is 2.13. The number of rotatable bonds is 9. The largest absolute Gasteiger partial charge is 0.383 e. The molecule has 0 fully saturated rings. The van der Waals surface area contributed by atoms with Crippen LogP contribution in [0.2, 0.25) is 0 Å². The van der Waals surface area contributed by atoms with Crippen molar-refractivity contribution >= 4 is 5.91 Å². The van der Waals surface area contributed by atoms with Crippen molar-refractivity contribution in [2.75, 3.05) is 46.4 Å². The number of nitrogens with two attached hydrogens (primary N) is 1. The van der Waals surface area contributed by atoms with Gasteiger partial charge in [-0.3, -0.25) is 9.69 Å². The second kappa shape index (κ2) is 9.57. The van der Waals surface area contributed by atoms with E-state index in [1.165, 1.54) is 0 Å². The highest BCUT2D eigenvalue weighted by Gasteiger charge is 2.09. The monoisotopic (exact) mass is 231 g/mol. The van der Waals surface area contributed by atoms with Gasteiger partial charge in [-0.25, -0.2) is 0 Å². The van der Waals surface area contributed by atoms with Crippen molar-refractivity contribution in [3.05, 3.63) is 0 Å². The third kappa shape index (κ3) is 8.64. The molecule has 0 saturated carbocycles. The highest BCUT2D eigenvalue weighted by Crippen LogP contribution is 1.90. The molecule has 3 N–H and O–H groups in total.